The van der Waals surface area contributed by atoms with Gasteiger partial charge < -0.3 is 24.4 Å². The molecule has 3 aromatic carbocycles. The molecule has 0 bridgehead atoms. The molecule has 0 aliphatic heterocycles. The first-order chi connectivity index (χ1) is 16.4. The van der Waals surface area contributed by atoms with Crippen molar-refractivity contribution in [2.24, 2.45) is 5.10 Å². The van der Waals surface area contributed by atoms with E-state index in [9.17, 15) is 19.8 Å². The Bertz CT molecular complexity index is 1190. The summed E-state index contributed by atoms with van der Waals surface area (Å²) in [6.07, 6.45) is 2.25. The Morgan fingerprint density at radius 3 is 2.44 bits per heavy atom. The van der Waals surface area contributed by atoms with Gasteiger partial charge in [-0.05, 0) is 66.6 Å². The summed E-state index contributed by atoms with van der Waals surface area (Å²) in [5.74, 6) is -0.559. The van der Waals surface area contributed by atoms with Crippen LogP contribution < -0.4 is 19.6 Å². The lowest BCUT2D eigenvalue weighted by atomic mass is 10.2. The van der Waals surface area contributed by atoms with Crippen LogP contribution in [0.3, 0.4) is 0 Å². The maximum atomic E-state index is 12.5. The Kier molecular flexibility index (Phi) is 8.07. The van der Waals surface area contributed by atoms with E-state index in [1.165, 1.54) is 25.5 Å². The fraction of sp³-hybridized carbons (Fsp3) is 0.160. The molecule has 1 amide bonds. The molecular weight excluding hydrogens is 440 g/mol. The van der Waals surface area contributed by atoms with Crippen molar-refractivity contribution in [1.82, 2.24) is 5.43 Å². The van der Waals surface area contributed by atoms with Crippen molar-refractivity contribution < 1.29 is 34.0 Å². The lowest BCUT2D eigenvalue weighted by molar-refractivity contribution is 0.0729. The number of carbonyl (C=O) groups is 2. The molecule has 0 unspecified atom stereocenters. The molecule has 9 nitrogen and oxygen atoms in total. The maximum absolute atomic E-state index is 12.5. The number of hydrogen-bond acceptors (Lipinski definition) is 8. The third-order valence-corrected chi connectivity index (χ3v) is 4.56. The molecule has 34 heavy (non-hydrogen) atoms. The van der Waals surface area contributed by atoms with Crippen LogP contribution in [0, 0.1) is 0 Å². The van der Waals surface area contributed by atoms with Gasteiger partial charge in [0.1, 0.15) is 17.2 Å². The quantitative estimate of drug-likeness (QED) is 0.190. The summed E-state index contributed by atoms with van der Waals surface area (Å²) >= 11 is 0. The van der Waals surface area contributed by atoms with Crippen molar-refractivity contribution in [1.29, 1.82) is 0 Å². The number of nitrogens with one attached hydrogen (secondary N) is 1. The number of nitrogens with zero attached hydrogens (tertiary/aromatic N) is 1. The van der Waals surface area contributed by atoms with E-state index < -0.39 is 11.9 Å². The molecule has 3 aromatic rings. The van der Waals surface area contributed by atoms with Crippen molar-refractivity contribution in [2.45, 2.75) is 13.3 Å². The number of phenols is 2. The van der Waals surface area contributed by atoms with Crippen molar-refractivity contribution in [3.63, 3.8) is 0 Å². The van der Waals surface area contributed by atoms with Crippen molar-refractivity contribution >= 4 is 18.1 Å². The van der Waals surface area contributed by atoms with E-state index in [-0.39, 0.29) is 22.8 Å². The summed E-state index contributed by atoms with van der Waals surface area (Å²) in [7, 11) is 1.43. The molecule has 9 heteroatoms. The second kappa shape index (κ2) is 11.4. The topological polar surface area (TPSA) is 127 Å². The van der Waals surface area contributed by atoms with E-state index in [4.69, 9.17) is 14.2 Å². The number of esters is 1. The van der Waals surface area contributed by atoms with Crippen LogP contribution in [-0.4, -0.2) is 42.0 Å². The van der Waals surface area contributed by atoms with Gasteiger partial charge >= 0.3 is 5.97 Å². The second-order valence-corrected chi connectivity index (χ2v) is 7.07. The summed E-state index contributed by atoms with van der Waals surface area (Å²) < 4.78 is 16.3. The number of amides is 1. The molecule has 0 aliphatic carbocycles. The number of hydrogen-bond donors (Lipinski definition) is 3. The molecule has 0 heterocycles. The largest absolute Gasteiger partial charge is 0.508 e. The molecule has 0 aliphatic rings. The van der Waals surface area contributed by atoms with Crippen LogP contribution in [0.4, 0.5) is 0 Å². The van der Waals surface area contributed by atoms with Crippen LogP contribution >= 0.6 is 0 Å². The number of benzene rings is 3. The lowest BCUT2D eigenvalue weighted by Gasteiger charge is -2.10. The summed E-state index contributed by atoms with van der Waals surface area (Å²) in [6.45, 7) is 2.61. The smallest absolute Gasteiger partial charge is 0.343 e. The second-order valence-electron chi connectivity index (χ2n) is 7.07. The number of rotatable bonds is 9. The van der Waals surface area contributed by atoms with Crippen molar-refractivity contribution in [3.8, 4) is 28.7 Å². The van der Waals surface area contributed by atoms with Gasteiger partial charge in [0, 0.05) is 6.07 Å². The highest BCUT2D eigenvalue weighted by Gasteiger charge is 2.14. The van der Waals surface area contributed by atoms with E-state index in [2.05, 4.69) is 10.5 Å². The number of ether oxygens (including phenoxy) is 3. The van der Waals surface area contributed by atoms with Crippen LogP contribution in [0.1, 0.15) is 39.6 Å². The average Bonchev–Trinajstić information content (AvgIpc) is 2.83. The van der Waals surface area contributed by atoms with E-state index in [1.807, 2.05) is 6.92 Å². The van der Waals surface area contributed by atoms with Crippen LogP contribution in [0.5, 0.6) is 28.7 Å². The predicted octanol–water partition coefficient (Wildman–Crippen LogP) is 3.88. The predicted molar refractivity (Wildman–Crippen MR) is 125 cm³/mol. The van der Waals surface area contributed by atoms with Crippen LogP contribution in [0.15, 0.2) is 65.8 Å². The lowest BCUT2D eigenvalue weighted by Crippen LogP contribution is -2.17. The van der Waals surface area contributed by atoms with Gasteiger partial charge in [-0.3, -0.25) is 4.79 Å². The van der Waals surface area contributed by atoms with Gasteiger partial charge in [0.05, 0.1) is 31.1 Å². The highest BCUT2D eigenvalue weighted by atomic mass is 16.6. The van der Waals surface area contributed by atoms with E-state index in [0.29, 0.717) is 29.2 Å². The zero-order chi connectivity index (χ0) is 24.5. The molecule has 0 aromatic heterocycles. The molecular formula is C25H24N2O7. The summed E-state index contributed by atoms with van der Waals surface area (Å²) in [5.41, 5.74) is 3.16. The minimum Gasteiger partial charge on any atom is -0.508 e. The normalized spacial score (nSPS) is 10.6. The van der Waals surface area contributed by atoms with E-state index >= 15 is 0 Å². The first-order valence-electron chi connectivity index (χ1n) is 10.4. The Morgan fingerprint density at radius 1 is 1.00 bits per heavy atom. The number of phenolic OH excluding ortho intramolecular Hbond substituents is 2. The highest BCUT2D eigenvalue weighted by Crippen LogP contribution is 2.29. The fourth-order valence-electron chi connectivity index (χ4n) is 2.85. The molecule has 0 fully saturated rings. The zero-order valence-corrected chi connectivity index (χ0v) is 18.6. The molecule has 176 valence electrons. The van der Waals surface area contributed by atoms with E-state index in [1.54, 1.807) is 42.5 Å². The number of hydrazone groups is 1. The van der Waals surface area contributed by atoms with Crippen molar-refractivity contribution in [2.75, 3.05) is 13.7 Å². The summed E-state index contributed by atoms with van der Waals surface area (Å²) in [4.78, 5) is 24.6. The SMILES string of the molecule is CCCOc1ccc(C(=O)Oc2ccc(/C=N/NC(=O)c3ccc(O)cc3O)cc2OC)cc1. The molecule has 0 saturated carbocycles. The van der Waals surface area contributed by atoms with Crippen molar-refractivity contribution in [3.05, 3.63) is 77.4 Å². The fourth-order valence-corrected chi connectivity index (χ4v) is 2.85. The maximum Gasteiger partial charge on any atom is 0.343 e. The molecule has 3 rings (SSSR count). The molecule has 0 spiro atoms. The number of aromatic hydroxyl groups is 2. The van der Waals surface area contributed by atoms with Crippen LogP contribution in [-0.2, 0) is 0 Å². The Labute approximate surface area is 196 Å². The van der Waals surface area contributed by atoms with Gasteiger partial charge in [0.15, 0.2) is 11.5 Å². The van der Waals surface area contributed by atoms with E-state index in [0.717, 1.165) is 12.5 Å². The monoisotopic (exact) mass is 464 g/mol. The Morgan fingerprint density at radius 2 is 1.76 bits per heavy atom. The van der Waals surface area contributed by atoms with Gasteiger partial charge in [-0.2, -0.15) is 5.10 Å². The summed E-state index contributed by atoms with van der Waals surface area (Å²) in [5, 5.41) is 22.9. The number of carbonyl (C=O) groups excluding carboxylic acids is 2. The number of methoxy groups -OCH3 is 1. The summed E-state index contributed by atoms with van der Waals surface area (Å²) in [6, 6.07) is 15.0. The zero-order valence-electron chi connectivity index (χ0n) is 18.6. The molecule has 0 atom stereocenters. The third kappa shape index (κ3) is 6.26. The third-order valence-electron chi connectivity index (χ3n) is 4.56. The first kappa shape index (κ1) is 24.1. The minimum atomic E-state index is -0.655. The van der Waals surface area contributed by atoms with Gasteiger partial charge in [0.25, 0.3) is 5.91 Å². The van der Waals surface area contributed by atoms with Gasteiger partial charge in [0.2, 0.25) is 0 Å². The van der Waals surface area contributed by atoms with Gasteiger partial charge in [-0.1, -0.05) is 6.92 Å². The minimum absolute atomic E-state index is 0.0419. The highest BCUT2D eigenvalue weighted by molar-refractivity contribution is 5.97. The molecule has 0 radical (unpaired) electrons. The molecule has 3 N–H and O–H groups in total. The Balaban J connectivity index is 1.64. The Hall–Kier alpha value is -4.53. The van der Waals surface area contributed by atoms with Crippen LogP contribution in [0.2, 0.25) is 0 Å². The average molecular weight is 464 g/mol. The molecule has 0 saturated heterocycles. The van der Waals surface area contributed by atoms with Crippen LogP contribution in [0.25, 0.3) is 0 Å². The van der Waals surface area contributed by atoms with Gasteiger partial charge in [-0.25, -0.2) is 10.2 Å². The van der Waals surface area contributed by atoms with Gasteiger partial charge in [-0.15, -0.1) is 0 Å². The standard InChI is InChI=1S/C25H24N2O7/c1-3-12-33-19-8-5-17(6-9-19)25(31)34-22-11-4-16(13-23(22)32-2)15-26-27-24(30)20-10-7-18(28)14-21(20)29/h4-11,13-15,28-29H,3,12H2,1-2H3,(H,27,30)/b26-15+. The first-order valence-corrected chi connectivity index (χ1v) is 10.4.